The first-order valence-electron chi connectivity index (χ1n) is 7.65. The number of para-hydroxylation sites is 2. The Balaban J connectivity index is 1.39. The molecule has 0 aliphatic heterocycles. The van der Waals surface area contributed by atoms with E-state index in [1.165, 1.54) is 0 Å². The number of halogens is 1. The van der Waals surface area contributed by atoms with Gasteiger partial charge in [0.05, 0.1) is 0 Å². The molecule has 0 fully saturated rings. The van der Waals surface area contributed by atoms with Gasteiger partial charge in [-0.3, -0.25) is 0 Å². The Morgan fingerprint density at radius 1 is 0.520 bits per heavy atom. The summed E-state index contributed by atoms with van der Waals surface area (Å²) in [5, 5.41) is 0. The predicted molar refractivity (Wildman–Crippen MR) is 87.8 cm³/mol. The van der Waals surface area contributed by atoms with Gasteiger partial charge in [-0.1, -0.05) is 36.4 Å². The van der Waals surface area contributed by atoms with Crippen LogP contribution in [-0.4, -0.2) is 0 Å². The summed E-state index contributed by atoms with van der Waals surface area (Å²) in [5.41, 5.74) is 0. The third-order valence-electron chi connectivity index (χ3n) is 3.21. The summed E-state index contributed by atoms with van der Waals surface area (Å²) in [7, 11) is 0. The predicted octanol–water partition coefficient (Wildman–Crippen LogP) is 2.59. The molecule has 4 aromatic rings. The van der Waals surface area contributed by atoms with Crippen LogP contribution in [0.5, 0.6) is 23.4 Å². The molecule has 0 spiro atoms. The zero-order valence-corrected chi connectivity index (χ0v) is 15.3. The third kappa shape index (κ3) is 4.24. The van der Waals surface area contributed by atoms with E-state index in [-0.39, 0.29) is 0 Å². The first kappa shape index (κ1) is 15.8. The molecule has 0 aliphatic carbocycles. The summed E-state index contributed by atoms with van der Waals surface area (Å²) in [6.45, 7) is 0. The molecule has 0 N–H and O–H groups in total. The van der Waals surface area contributed by atoms with Gasteiger partial charge in [-0.25, -0.2) is 0 Å². The average Bonchev–Trinajstić information content (AvgIpc) is 3.27. The Morgan fingerprint density at radius 2 is 0.960 bits per heavy atom. The number of ether oxygens (including phenoxy) is 2. The van der Waals surface area contributed by atoms with Gasteiger partial charge in [0.1, 0.15) is 11.5 Å². The molecule has 0 saturated carbocycles. The topological polar surface area (TPSA) is 44.7 Å². The van der Waals surface area contributed by atoms with Crippen LogP contribution in [-0.2, 0) is 0 Å². The lowest BCUT2D eigenvalue weighted by molar-refractivity contribution is -0.636. The van der Waals surface area contributed by atoms with Crippen molar-refractivity contribution in [2.45, 2.75) is 0 Å². The van der Waals surface area contributed by atoms with Crippen LogP contribution in [0.15, 0.2) is 93.8 Å². The largest absolute Gasteiger partial charge is 0.443 e. The molecule has 0 unspecified atom stereocenters. The normalized spacial score (nSPS) is 10.6. The third-order valence-corrected chi connectivity index (χ3v) is 5.43. The van der Waals surface area contributed by atoms with Crippen LogP contribution >= 0.6 is 0 Å². The second kappa shape index (κ2) is 7.48. The number of hydrogen-bond acceptors (Lipinski definition) is 4. The lowest BCUT2D eigenvalue weighted by Crippen LogP contribution is -3.61. The molecular weight excluding hydrogens is 431 g/mol. The van der Waals surface area contributed by atoms with Crippen LogP contribution in [0.25, 0.3) is 0 Å². The van der Waals surface area contributed by atoms with E-state index in [0.29, 0.717) is 11.9 Å². The Morgan fingerprint density at radius 3 is 1.40 bits per heavy atom. The lowest BCUT2D eigenvalue weighted by Gasteiger charge is -1.99. The van der Waals surface area contributed by atoms with E-state index in [1.807, 2.05) is 84.9 Å². The summed E-state index contributed by atoms with van der Waals surface area (Å²) in [6, 6.07) is 26.6. The number of rotatable bonds is 6. The monoisotopic (exact) mass is 445 g/mol. The van der Waals surface area contributed by atoms with Crippen LogP contribution < -0.4 is 30.7 Å². The zero-order chi connectivity index (χ0) is 16.9. The van der Waals surface area contributed by atoms with Crippen LogP contribution in [0.4, 0.5) is 0 Å². The van der Waals surface area contributed by atoms with Gasteiger partial charge in [-0.15, -0.1) is 0 Å². The van der Waals surface area contributed by atoms with Crippen molar-refractivity contribution >= 4 is 0 Å². The minimum absolute atomic E-state index is 0.480. The van der Waals surface area contributed by atoms with Gasteiger partial charge in [0.15, 0.2) is 0 Å². The summed E-state index contributed by atoms with van der Waals surface area (Å²) in [4.78, 5) is 0. The molecule has 4 nitrogen and oxygen atoms in total. The highest BCUT2D eigenvalue weighted by Gasteiger charge is 2.25. The molecule has 124 valence electrons. The van der Waals surface area contributed by atoms with Crippen LogP contribution in [0, 0.1) is 7.53 Å². The first-order chi connectivity index (χ1) is 12.3. The van der Waals surface area contributed by atoms with Crippen molar-refractivity contribution in [1.29, 1.82) is 0 Å². The Kier molecular flexibility index (Phi) is 4.74. The molecule has 0 atom stereocenters. The van der Waals surface area contributed by atoms with Crippen molar-refractivity contribution in [2.24, 2.45) is 0 Å². The Bertz CT molecular complexity index is 851. The van der Waals surface area contributed by atoms with Crippen molar-refractivity contribution < 1.29 is 39.5 Å². The van der Waals surface area contributed by atoms with Crippen molar-refractivity contribution in [3.8, 4) is 23.4 Å². The van der Waals surface area contributed by atoms with Gasteiger partial charge in [-0.2, -0.15) is 0 Å². The SMILES string of the molecule is c1ccc(Oc2ccc([I+]c3ccc(Oc4ccccc4)o3)o2)cc1. The maximum absolute atomic E-state index is 5.74. The van der Waals surface area contributed by atoms with Gasteiger partial charge >= 0.3 is 28.7 Å². The lowest BCUT2D eigenvalue weighted by atomic mass is 10.3. The molecule has 2 heterocycles. The quantitative estimate of drug-likeness (QED) is 0.428. The first-order valence-corrected chi connectivity index (χ1v) is 9.81. The highest BCUT2D eigenvalue weighted by Crippen LogP contribution is 2.22. The van der Waals surface area contributed by atoms with Gasteiger partial charge in [0.2, 0.25) is 0 Å². The van der Waals surface area contributed by atoms with Crippen LogP contribution in [0.3, 0.4) is 0 Å². The molecule has 5 heteroatoms. The Labute approximate surface area is 155 Å². The Hall–Kier alpha value is -2.67. The smallest absolute Gasteiger partial charge is 0.426 e. The fourth-order valence-corrected chi connectivity index (χ4v) is 4.01. The molecule has 4 rings (SSSR count). The van der Waals surface area contributed by atoms with E-state index < -0.39 is 21.2 Å². The van der Waals surface area contributed by atoms with Crippen LogP contribution in [0.2, 0.25) is 0 Å². The summed E-state index contributed by atoms with van der Waals surface area (Å²) in [5.74, 6) is 2.46. The summed E-state index contributed by atoms with van der Waals surface area (Å²) in [6.07, 6.45) is 0. The van der Waals surface area contributed by atoms with Gasteiger partial charge < -0.3 is 18.3 Å². The fourth-order valence-electron chi connectivity index (χ4n) is 2.11. The molecule has 0 bridgehead atoms. The van der Waals surface area contributed by atoms with Gasteiger partial charge in [0, 0.05) is 24.3 Å². The maximum Gasteiger partial charge on any atom is 0.443 e. The second-order valence-corrected chi connectivity index (χ2v) is 7.71. The average molecular weight is 445 g/mol. The van der Waals surface area contributed by atoms with E-state index in [9.17, 15) is 0 Å². The number of benzene rings is 2. The number of hydrogen-bond donors (Lipinski definition) is 0. The molecule has 0 amide bonds. The van der Waals surface area contributed by atoms with E-state index >= 15 is 0 Å². The highest BCUT2D eigenvalue weighted by atomic mass is 127. The maximum atomic E-state index is 5.74. The van der Waals surface area contributed by atoms with E-state index in [1.54, 1.807) is 0 Å². The minimum atomic E-state index is -0.575. The van der Waals surface area contributed by atoms with Gasteiger partial charge in [-0.05, 0) is 24.3 Å². The molecule has 0 saturated heterocycles. The fraction of sp³-hybridized carbons (Fsp3) is 0. The van der Waals surface area contributed by atoms with Crippen molar-refractivity contribution in [3.63, 3.8) is 0 Å². The van der Waals surface area contributed by atoms with E-state index in [0.717, 1.165) is 19.0 Å². The van der Waals surface area contributed by atoms with Crippen molar-refractivity contribution in [3.05, 3.63) is 92.5 Å². The molecular formula is C20H14IO4+. The second-order valence-electron chi connectivity index (χ2n) is 5.04. The van der Waals surface area contributed by atoms with Crippen LogP contribution in [0.1, 0.15) is 0 Å². The highest BCUT2D eigenvalue weighted by molar-refractivity contribution is 5.26. The van der Waals surface area contributed by atoms with Gasteiger partial charge in [0.25, 0.3) is 11.9 Å². The van der Waals surface area contributed by atoms with E-state index in [2.05, 4.69) is 0 Å². The standard InChI is InChI=1S/C20H14IO4/c1-3-7-15(8-4-1)22-19-13-11-17(24-19)21-18-12-14-20(25-18)23-16-9-5-2-6-10-16/h1-14H/q+1. The minimum Gasteiger partial charge on any atom is -0.426 e. The van der Waals surface area contributed by atoms with Crippen molar-refractivity contribution in [2.75, 3.05) is 0 Å². The van der Waals surface area contributed by atoms with E-state index in [4.69, 9.17) is 18.3 Å². The molecule has 0 aliphatic rings. The zero-order valence-electron chi connectivity index (χ0n) is 13.1. The van der Waals surface area contributed by atoms with Crippen molar-refractivity contribution in [1.82, 2.24) is 0 Å². The molecule has 2 aromatic carbocycles. The molecule has 2 aromatic heterocycles. The number of furan rings is 2. The summed E-state index contributed by atoms with van der Waals surface area (Å²) >= 11 is -0.575. The molecule has 25 heavy (non-hydrogen) atoms. The summed E-state index contributed by atoms with van der Waals surface area (Å²) < 4.78 is 24.6. The molecule has 0 radical (unpaired) electrons.